The van der Waals surface area contributed by atoms with Gasteiger partial charge in [-0.1, -0.05) is 37.3 Å². The van der Waals surface area contributed by atoms with Crippen molar-refractivity contribution in [3.8, 4) is 0 Å². The van der Waals surface area contributed by atoms with Crippen LogP contribution in [-0.4, -0.2) is 26.8 Å². The van der Waals surface area contributed by atoms with Crippen LogP contribution in [0.5, 0.6) is 0 Å². The third-order valence-electron chi connectivity index (χ3n) is 4.41. The fourth-order valence-corrected chi connectivity index (χ4v) is 5.19. The van der Waals surface area contributed by atoms with E-state index in [1.165, 1.54) is 12.0 Å². The summed E-state index contributed by atoms with van der Waals surface area (Å²) in [5.41, 5.74) is 1.41. The lowest BCUT2D eigenvalue weighted by molar-refractivity contribution is 0.350. The van der Waals surface area contributed by atoms with Gasteiger partial charge in [-0.25, -0.2) is 0 Å². The van der Waals surface area contributed by atoms with Gasteiger partial charge in [0.15, 0.2) is 0 Å². The Morgan fingerprint density at radius 2 is 1.86 bits per heavy atom. The summed E-state index contributed by atoms with van der Waals surface area (Å²) in [6.07, 6.45) is 3.35. The molecule has 3 heteroatoms. The van der Waals surface area contributed by atoms with E-state index in [4.69, 9.17) is 0 Å². The third kappa shape index (κ3) is 4.17. The summed E-state index contributed by atoms with van der Waals surface area (Å²) in [6, 6.07) is 11.1. The average Bonchev–Trinajstić information content (AvgIpc) is 2.47. The van der Waals surface area contributed by atoms with Crippen molar-refractivity contribution in [1.82, 2.24) is 5.32 Å². The molecule has 21 heavy (non-hydrogen) atoms. The molecule has 0 radical (unpaired) electrons. The van der Waals surface area contributed by atoms with Gasteiger partial charge < -0.3 is 5.32 Å². The Balaban J connectivity index is 2.18. The van der Waals surface area contributed by atoms with Gasteiger partial charge in [0.2, 0.25) is 0 Å². The van der Waals surface area contributed by atoms with Crippen LogP contribution in [0.15, 0.2) is 30.3 Å². The predicted molar refractivity (Wildman–Crippen MR) is 92.2 cm³/mol. The van der Waals surface area contributed by atoms with Crippen molar-refractivity contribution < 1.29 is 4.21 Å². The Labute approximate surface area is 132 Å². The molecule has 1 N–H and O–H groups in total. The molecule has 0 amide bonds. The van der Waals surface area contributed by atoms with Crippen molar-refractivity contribution in [3.05, 3.63) is 35.9 Å². The summed E-state index contributed by atoms with van der Waals surface area (Å²) in [4.78, 5) is 0. The van der Waals surface area contributed by atoms with Gasteiger partial charge in [0.05, 0.1) is 5.25 Å². The van der Waals surface area contributed by atoms with Crippen LogP contribution in [0.1, 0.15) is 58.4 Å². The van der Waals surface area contributed by atoms with E-state index in [2.05, 4.69) is 63.3 Å². The molecule has 1 aromatic rings. The van der Waals surface area contributed by atoms with E-state index in [0.29, 0.717) is 12.0 Å². The fourth-order valence-electron chi connectivity index (χ4n) is 3.34. The molecule has 0 heterocycles. The topological polar surface area (TPSA) is 29.1 Å². The molecule has 1 aliphatic carbocycles. The third-order valence-corrected chi connectivity index (χ3v) is 6.69. The lowest BCUT2D eigenvalue weighted by atomic mass is 9.81. The Morgan fingerprint density at radius 1 is 1.19 bits per heavy atom. The lowest BCUT2D eigenvalue weighted by Gasteiger charge is -2.39. The van der Waals surface area contributed by atoms with Gasteiger partial charge in [-0.15, -0.1) is 0 Å². The first kappa shape index (κ1) is 16.7. The smallest absolute Gasteiger partial charge is 0.0512 e. The molecule has 1 aliphatic rings. The zero-order chi connectivity index (χ0) is 15.5. The second-order valence-electron chi connectivity index (χ2n) is 7.03. The van der Waals surface area contributed by atoms with E-state index in [9.17, 15) is 4.21 Å². The van der Waals surface area contributed by atoms with Crippen LogP contribution in [0.4, 0.5) is 0 Å². The van der Waals surface area contributed by atoms with Gasteiger partial charge >= 0.3 is 0 Å². The Hall–Kier alpha value is -0.670. The Kier molecular flexibility index (Phi) is 5.61. The fraction of sp³-hybridized carbons (Fsp3) is 0.667. The van der Waals surface area contributed by atoms with Crippen molar-refractivity contribution >= 4 is 10.8 Å². The quantitative estimate of drug-likeness (QED) is 0.915. The van der Waals surface area contributed by atoms with Crippen LogP contribution in [-0.2, 0) is 10.8 Å². The Bertz CT molecular complexity index is 466. The highest BCUT2D eigenvalue weighted by Gasteiger charge is 2.38. The predicted octanol–water partition coefficient (Wildman–Crippen LogP) is 3.85. The van der Waals surface area contributed by atoms with Gasteiger partial charge in [0.1, 0.15) is 0 Å². The molecule has 0 saturated heterocycles. The highest BCUT2D eigenvalue weighted by molar-refractivity contribution is 7.87. The van der Waals surface area contributed by atoms with Crippen LogP contribution < -0.4 is 5.32 Å². The van der Waals surface area contributed by atoms with Crippen LogP contribution in [0.25, 0.3) is 0 Å². The maximum Gasteiger partial charge on any atom is 0.0512 e. The van der Waals surface area contributed by atoms with Crippen molar-refractivity contribution in [2.45, 2.75) is 68.9 Å². The van der Waals surface area contributed by atoms with Crippen molar-refractivity contribution in [2.24, 2.45) is 0 Å². The summed E-state index contributed by atoms with van der Waals surface area (Å²) in [6.45, 7) is 9.38. The average molecular weight is 308 g/mol. The molecule has 1 fully saturated rings. The van der Waals surface area contributed by atoms with Crippen molar-refractivity contribution in [1.29, 1.82) is 0 Å². The summed E-state index contributed by atoms with van der Waals surface area (Å²) in [5, 5.41) is 3.82. The number of nitrogens with one attached hydrogen (secondary N) is 1. The molecule has 0 aliphatic heterocycles. The minimum atomic E-state index is -0.812. The van der Waals surface area contributed by atoms with E-state index >= 15 is 0 Å². The van der Waals surface area contributed by atoms with Crippen LogP contribution in [0.2, 0.25) is 0 Å². The first-order valence-electron chi connectivity index (χ1n) is 8.12. The first-order valence-corrected chi connectivity index (χ1v) is 9.33. The van der Waals surface area contributed by atoms with Gasteiger partial charge in [-0.3, -0.25) is 4.21 Å². The molecule has 0 bridgehead atoms. The molecule has 4 unspecified atom stereocenters. The first-order chi connectivity index (χ1) is 9.93. The lowest BCUT2D eigenvalue weighted by Crippen LogP contribution is -2.49. The molecule has 0 spiro atoms. The second-order valence-corrected chi connectivity index (χ2v) is 9.46. The highest BCUT2D eigenvalue weighted by Crippen LogP contribution is 2.37. The van der Waals surface area contributed by atoms with Crippen LogP contribution in [0.3, 0.4) is 0 Å². The second kappa shape index (κ2) is 7.06. The van der Waals surface area contributed by atoms with Crippen molar-refractivity contribution in [2.75, 3.05) is 6.54 Å². The van der Waals surface area contributed by atoms with Gasteiger partial charge in [0.25, 0.3) is 0 Å². The standard InChI is InChI=1S/C18H29NOS/c1-5-19-16-12-11-15(14-9-7-6-8-10-14)13-17(16)21(20)18(2,3)4/h6-10,15-17,19H,5,11-13H2,1-4H3. The normalized spacial score (nSPS) is 28.3. The molecule has 118 valence electrons. The zero-order valence-corrected chi connectivity index (χ0v) is 14.6. The number of hydrogen-bond acceptors (Lipinski definition) is 2. The summed E-state index contributed by atoms with van der Waals surface area (Å²) in [5.74, 6) is 0.553. The summed E-state index contributed by atoms with van der Waals surface area (Å²) >= 11 is 0. The van der Waals surface area contributed by atoms with E-state index in [1.54, 1.807) is 0 Å². The summed E-state index contributed by atoms with van der Waals surface area (Å²) in [7, 11) is -0.812. The molecular formula is C18H29NOS. The zero-order valence-electron chi connectivity index (χ0n) is 13.8. The minimum Gasteiger partial charge on any atom is -0.313 e. The van der Waals surface area contributed by atoms with E-state index < -0.39 is 10.8 Å². The van der Waals surface area contributed by atoms with E-state index in [0.717, 1.165) is 19.4 Å². The minimum absolute atomic E-state index is 0.142. The molecule has 4 atom stereocenters. The van der Waals surface area contributed by atoms with Crippen LogP contribution >= 0.6 is 0 Å². The van der Waals surface area contributed by atoms with Crippen LogP contribution in [0, 0.1) is 0 Å². The highest BCUT2D eigenvalue weighted by atomic mass is 32.2. The van der Waals surface area contributed by atoms with Gasteiger partial charge in [0, 0.05) is 21.6 Å². The largest absolute Gasteiger partial charge is 0.313 e. The van der Waals surface area contributed by atoms with E-state index in [-0.39, 0.29) is 10.00 Å². The molecule has 1 aromatic carbocycles. The molecule has 2 nitrogen and oxygen atoms in total. The summed E-state index contributed by atoms with van der Waals surface area (Å²) < 4.78 is 12.8. The molecular weight excluding hydrogens is 278 g/mol. The molecule has 0 aromatic heterocycles. The maximum absolute atomic E-state index is 13.0. The van der Waals surface area contributed by atoms with Gasteiger partial charge in [-0.05, 0) is 58.1 Å². The number of rotatable bonds is 4. The number of benzene rings is 1. The SMILES string of the molecule is CCNC1CCC(c2ccccc2)CC1S(=O)C(C)(C)C. The monoisotopic (exact) mass is 307 g/mol. The maximum atomic E-state index is 13.0. The van der Waals surface area contributed by atoms with Gasteiger partial charge in [-0.2, -0.15) is 0 Å². The molecule has 2 rings (SSSR count). The van der Waals surface area contributed by atoms with E-state index in [1.807, 2.05) is 0 Å². The van der Waals surface area contributed by atoms with Crippen molar-refractivity contribution in [3.63, 3.8) is 0 Å². The Morgan fingerprint density at radius 3 is 2.43 bits per heavy atom. The molecule has 1 saturated carbocycles. The number of hydrogen-bond donors (Lipinski definition) is 1.